The maximum absolute atomic E-state index is 9.48. The lowest BCUT2D eigenvalue weighted by molar-refractivity contribution is 0.124. The molecule has 122 valence electrons. The second-order valence-corrected chi connectivity index (χ2v) is 5.53. The molecule has 0 radical (unpaired) electrons. The van der Waals surface area contributed by atoms with Crippen LogP contribution in [0.2, 0.25) is 0 Å². The highest BCUT2D eigenvalue weighted by molar-refractivity contribution is 4.81. The van der Waals surface area contributed by atoms with Gasteiger partial charge in [0.1, 0.15) is 0 Å². The van der Waals surface area contributed by atoms with Crippen LogP contribution in [0.1, 0.15) is 33.1 Å². The molecule has 0 bridgehead atoms. The van der Waals surface area contributed by atoms with Crippen LogP contribution >= 0.6 is 0 Å². The summed E-state index contributed by atoms with van der Waals surface area (Å²) in [4.78, 5) is 2.41. The standard InChI is InChI=1S/C15H34N2O3/c1-5-16-15(2,14-18)8-6-9-17(11-13-20-4)10-7-12-19-3/h16,18H,5-14H2,1-4H3. The normalized spacial score (nSPS) is 14.7. The summed E-state index contributed by atoms with van der Waals surface area (Å²) in [6, 6.07) is 0. The third kappa shape index (κ3) is 9.66. The minimum absolute atomic E-state index is 0.159. The Labute approximate surface area is 124 Å². The first-order valence-corrected chi connectivity index (χ1v) is 7.68. The highest BCUT2D eigenvalue weighted by Gasteiger charge is 2.21. The van der Waals surface area contributed by atoms with Gasteiger partial charge in [-0.3, -0.25) is 0 Å². The first kappa shape index (κ1) is 19.8. The molecule has 5 heteroatoms. The topological polar surface area (TPSA) is 54.0 Å². The predicted molar refractivity (Wildman–Crippen MR) is 83.2 cm³/mol. The van der Waals surface area contributed by atoms with E-state index in [4.69, 9.17) is 9.47 Å². The monoisotopic (exact) mass is 290 g/mol. The Bertz CT molecular complexity index is 217. The summed E-state index contributed by atoms with van der Waals surface area (Å²) < 4.78 is 10.3. The molecule has 0 saturated carbocycles. The van der Waals surface area contributed by atoms with Crippen LogP contribution in [0.3, 0.4) is 0 Å². The molecule has 0 saturated heterocycles. The average molecular weight is 290 g/mol. The number of likely N-dealkylation sites (N-methyl/N-ethyl adjacent to an activating group) is 1. The van der Waals surface area contributed by atoms with Crippen molar-refractivity contribution in [2.45, 2.75) is 38.6 Å². The molecule has 2 N–H and O–H groups in total. The minimum atomic E-state index is -0.159. The van der Waals surface area contributed by atoms with Gasteiger partial charge in [-0.25, -0.2) is 0 Å². The maximum atomic E-state index is 9.48. The molecular formula is C15H34N2O3. The van der Waals surface area contributed by atoms with E-state index in [1.807, 2.05) is 0 Å². The van der Waals surface area contributed by atoms with Crippen molar-refractivity contribution in [2.24, 2.45) is 0 Å². The molecule has 0 aliphatic carbocycles. The highest BCUT2D eigenvalue weighted by Crippen LogP contribution is 2.12. The number of nitrogens with one attached hydrogen (secondary N) is 1. The fourth-order valence-corrected chi connectivity index (χ4v) is 2.33. The lowest BCUT2D eigenvalue weighted by atomic mass is 9.96. The number of rotatable bonds is 14. The fourth-order valence-electron chi connectivity index (χ4n) is 2.33. The average Bonchev–Trinajstić information content (AvgIpc) is 2.44. The quantitative estimate of drug-likeness (QED) is 0.469. The van der Waals surface area contributed by atoms with Gasteiger partial charge in [0.2, 0.25) is 0 Å². The summed E-state index contributed by atoms with van der Waals surface area (Å²) in [5, 5.41) is 12.8. The molecule has 20 heavy (non-hydrogen) atoms. The molecule has 0 heterocycles. The lowest BCUT2D eigenvalue weighted by Crippen LogP contribution is -2.46. The van der Waals surface area contributed by atoms with Gasteiger partial charge >= 0.3 is 0 Å². The van der Waals surface area contributed by atoms with E-state index in [1.54, 1.807) is 14.2 Å². The largest absolute Gasteiger partial charge is 0.394 e. The number of methoxy groups -OCH3 is 2. The second kappa shape index (κ2) is 12.5. The summed E-state index contributed by atoms with van der Waals surface area (Å²) >= 11 is 0. The lowest BCUT2D eigenvalue weighted by Gasteiger charge is -2.30. The summed E-state index contributed by atoms with van der Waals surface area (Å²) in [6.45, 7) is 9.82. The second-order valence-electron chi connectivity index (χ2n) is 5.53. The molecule has 0 rings (SSSR count). The van der Waals surface area contributed by atoms with Crippen molar-refractivity contribution in [1.29, 1.82) is 0 Å². The predicted octanol–water partition coefficient (Wildman–Crippen LogP) is 1.11. The van der Waals surface area contributed by atoms with Gasteiger partial charge in [-0.2, -0.15) is 0 Å². The van der Waals surface area contributed by atoms with Crippen molar-refractivity contribution in [1.82, 2.24) is 10.2 Å². The summed E-state index contributed by atoms with van der Waals surface area (Å²) in [7, 11) is 3.48. The molecule has 0 aliphatic heterocycles. The van der Waals surface area contributed by atoms with Crippen molar-refractivity contribution in [2.75, 3.05) is 60.2 Å². The van der Waals surface area contributed by atoms with Crippen LogP contribution in [0.15, 0.2) is 0 Å². The number of nitrogens with zero attached hydrogens (tertiary/aromatic N) is 1. The molecule has 1 atom stereocenters. The Morgan fingerprint density at radius 2 is 1.70 bits per heavy atom. The van der Waals surface area contributed by atoms with Gasteiger partial charge in [0.25, 0.3) is 0 Å². The summed E-state index contributed by atoms with van der Waals surface area (Å²) in [6.07, 6.45) is 3.09. The SMILES string of the molecule is CCNC(C)(CO)CCCN(CCCOC)CCOC. The van der Waals surface area contributed by atoms with Crippen molar-refractivity contribution in [3.05, 3.63) is 0 Å². The van der Waals surface area contributed by atoms with Crippen LogP contribution < -0.4 is 5.32 Å². The maximum Gasteiger partial charge on any atom is 0.0610 e. The first-order chi connectivity index (χ1) is 9.61. The summed E-state index contributed by atoms with van der Waals surface area (Å²) in [5.41, 5.74) is -0.159. The van der Waals surface area contributed by atoms with E-state index in [0.29, 0.717) is 0 Å². The van der Waals surface area contributed by atoms with E-state index in [9.17, 15) is 5.11 Å². The number of aliphatic hydroxyl groups excluding tert-OH is 1. The van der Waals surface area contributed by atoms with Crippen LogP contribution in [-0.4, -0.2) is 75.8 Å². The van der Waals surface area contributed by atoms with Crippen LogP contribution in [0, 0.1) is 0 Å². The Balaban J connectivity index is 4.02. The van der Waals surface area contributed by atoms with E-state index in [0.717, 1.165) is 58.7 Å². The van der Waals surface area contributed by atoms with E-state index in [2.05, 4.69) is 24.1 Å². The number of ether oxygens (including phenoxy) is 2. The van der Waals surface area contributed by atoms with Gasteiger partial charge in [-0.1, -0.05) is 6.92 Å². The molecule has 0 spiro atoms. The smallest absolute Gasteiger partial charge is 0.0610 e. The van der Waals surface area contributed by atoms with Crippen molar-refractivity contribution < 1.29 is 14.6 Å². The van der Waals surface area contributed by atoms with Gasteiger partial charge in [0.15, 0.2) is 0 Å². The minimum Gasteiger partial charge on any atom is -0.394 e. The van der Waals surface area contributed by atoms with E-state index in [1.165, 1.54) is 0 Å². The van der Waals surface area contributed by atoms with Gasteiger partial charge in [0.05, 0.1) is 13.2 Å². The molecule has 1 unspecified atom stereocenters. The third-order valence-electron chi connectivity index (χ3n) is 3.59. The molecule has 0 aromatic rings. The Morgan fingerprint density at radius 1 is 1.05 bits per heavy atom. The van der Waals surface area contributed by atoms with E-state index < -0.39 is 0 Å². The molecule has 0 aromatic carbocycles. The zero-order valence-electron chi connectivity index (χ0n) is 13.8. The van der Waals surface area contributed by atoms with Crippen LogP contribution in [0.5, 0.6) is 0 Å². The Hall–Kier alpha value is -0.200. The third-order valence-corrected chi connectivity index (χ3v) is 3.59. The van der Waals surface area contributed by atoms with Gasteiger partial charge in [-0.15, -0.1) is 0 Å². The zero-order chi connectivity index (χ0) is 15.3. The Morgan fingerprint density at radius 3 is 2.25 bits per heavy atom. The van der Waals surface area contributed by atoms with Gasteiger partial charge in [-0.05, 0) is 39.3 Å². The molecule has 0 amide bonds. The van der Waals surface area contributed by atoms with Crippen molar-refractivity contribution in [3.63, 3.8) is 0 Å². The zero-order valence-corrected chi connectivity index (χ0v) is 13.8. The molecule has 0 aliphatic rings. The molecule has 0 aromatic heterocycles. The van der Waals surface area contributed by atoms with E-state index >= 15 is 0 Å². The molecule has 0 fully saturated rings. The summed E-state index contributed by atoms with van der Waals surface area (Å²) in [5.74, 6) is 0. The fraction of sp³-hybridized carbons (Fsp3) is 1.00. The Kier molecular flexibility index (Phi) is 12.4. The van der Waals surface area contributed by atoms with Crippen molar-refractivity contribution >= 4 is 0 Å². The number of aliphatic hydroxyl groups is 1. The number of hydrogen-bond donors (Lipinski definition) is 2. The van der Waals surface area contributed by atoms with Gasteiger partial charge in [0, 0.05) is 39.5 Å². The van der Waals surface area contributed by atoms with Crippen LogP contribution in [0.4, 0.5) is 0 Å². The highest BCUT2D eigenvalue weighted by atomic mass is 16.5. The number of hydrogen-bond acceptors (Lipinski definition) is 5. The van der Waals surface area contributed by atoms with Gasteiger partial charge < -0.3 is 24.8 Å². The first-order valence-electron chi connectivity index (χ1n) is 7.68. The van der Waals surface area contributed by atoms with E-state index in [-0.39, 0.29) is 12.1 Å². The molecule has 5 nitrogen and oxygen atoms in total. The molecular weight excluding hydrogens is 256 g/mol. The van der Waals surface area contributed by atoms with Crippen LogP contribution in [-0.2, 0) is 9.47 Å². The van der Waals surface area contributed by atoms with Crippen molar-refractivity contribution in [3.8, 4) is 0 Å². The van der Waals surface area contributed by atoms with Crippen LogP contribution in [0.25, 0.3) is 0 Å².